The van der Waals surface area contributed by atoms with Gasteiger partial charge in [0.2, 0.25) is 11.8 Å². The lowest BCUT2D eigenvalue weighted by Crippen LogP contribution is -2.16. The van der Waals surface area contributed by atoms with Gasteiger partial charge in [-0.2, -0.15) is 0 Å². The topological polar surface area (TPSA) is 168 Å². The van der Waals surface area contributed by atoms with E-state index in [-0.39, 0.29) is 44.5 Å². The Hall–Kier alpha value is -3.51. The number of anilines is 4. The first-order valence-corrected chi connectivity index (χ1v) is 7.88. The van der Waals surface area contributed by atoms with E-state index in [1.54, 1.807) is 0 Å². The van der Waals surface area contributed by atoms with Crippen LogP contribution in [0.2, 0.25) is 0 Å². The van der Waals surface area contributed by atoms with Crippen LogP contribution in [0.15, 0.2) is 24.3 Å². The minimum absolute atomic E-state index is 0.0333. The van der Waals surface area contributed by atoms with Crippen LogP contribution in [0.25, 0.3) is 11.1 Å². The van der Waals surface area contributed by atoms with Crippen LogP contribution in [0.3, 0.4) is 0 Å². The van der Waals surface area contributed by atoms with Crippen molar-refractivity contribution >= 4 is 40.3 Å². The van der Waals surface area contributed by atoms with E-state index >= 15 is 0 Å². The molecular weight excluding hydrogens is 372 g/mol. The van der Waals surface area contributed by atoms with Crippen LogP contribution < -0.4 is 21.1 Å². The van der Waals surface area contributed by atoms with E-state index in [1.807, 2.05) is 0 Å². The maximum absolute atomic E-state index is 12.8. The van der Waals surface area contributed by atoms with E-state index in [0.717, 1.165) is 6.07 Å². The predicted octanol–water partition coefficient (Wildman–Crippen LogP) is 2.20. The van der Waals surface area contributed by atoms with E-state index in [1.165, 1.54) is 32.0 Å². The lowest BCUT2D eigenvalue weighted by Gasteiger charge is -2.39. The molecule has 2 aromatic carbocycles. The van der Waals surface area contributed by atoms with Gasteiger partial charge in [-0.25, -0.2) is 0 Å². The zero-order chi connectivity index (χ0) is 20.7. The summed E-state index contributed by atoms with van der Waals surface area (Å²) >= 11 is 0. The van der Waals surface area contributed by atoms with Crippen LogP contribution in [0, 0.1) is 10.4 Å². The van der Waals surface area contributed by atoms with Crippen molar-refractivity contribution in [1.29, 1.82) is 0 Å². The molecule has 3 rings (SSSR count). The summed E-state index contributed by atoms with van der Waals surface area (Å²) in [6.07, 6.45) is 0. The second kappa shape index (κ2) is 6.90. The summed E-state index contributed by atoms with van der Waals surface area (Å²) in [5.74, 6) is -1.54. The third-order valence-electron chi connectivity index (χ3n) is 4.08. The van der Waals surface area contributed by atoms with Crippen LogP contribution in [-0.2, 0) is 9.59 Å². The molecule has 0 saturated heterocycles. The number of rotatable bonds is 4. The Kier molecular flexibility index (Phi) is 4.75. The second-order valence-corrected chi connectivity index (χ2v) is 6.07. The number of fused-ring (bicyclic) bond motifs is 3. The molecule has 0 spiro atoms. The number of amides is 2. The molecule has 2 aromatic rings. The normalized spacial score (nSPS) is 11.6. The van der Waals surface area contributed by atoms with Gasteiger partial charge in [0.05, 0.1) is 11.4 Å². The van der Waals surface area contributed by atoms with Crippen molar-refractivity contribution < 1.29 is 24.8 Å². The largest absolute Gasteiger partial charge is 0.769 e. The van der Waals surface area contributed by atoms with Gasteiger partial charge in [0.1, 0.15) is 5.69 Å². The summed E-state index contributed by atoms with van der Waals surface area (Å²) in [6, 6.07) is 4.79. The van der Waals surface area contributed by atoms with Gasteiger partial charge < -0.3 is 26.3 Å². The summed E-state index contributed by atoms with van der Waals surface area (Å²) in [4.78, 5) is 35.5. The summed E-state index contributed by atoms with van der Waals surface area (Å²) in [5.41, 5.74) is -0.209. The molecule has 0 atom stereocenters. The fraction of sp³-hybridized carbons (Fsp3) is 0.118. The van der Waals surface area contributed by atoms with E-state index in [0.29, 0.717) is 0 Å². The highest BCUT2D eigenvalue weighted by Gasteiger charge is 2.30. The number of nitrogens with one attached hydrogen (secondary N) is 2. The monoisotopic (exact) mass is 386 g/mol. The van der Waals surface area contributed by atoms with Crippen LogP contribution in [-0.4, -0.2) is 28.0 Å². The molecule has 146 valence electrons. The second-order valence-electron chi connectivity index (χ2n) is 6.07. The third-order valence-corrected chi connectivity index (χ3v) is 4.08. The van der Waals surface area contributed by atoms with E-state index < -0.39 is 28.5 Å². The number of ketones is 1. The molecule has 1 aliphatic rings. The number of carbonyl (C=O) groups is 3. The third kappa shape index (κ3) is 3.25. The molecule has 1 aliphatic carbocycles. The molecule has 0 heterocycles. The van der Waals surface area contributed by atoms with Crippen molar-refractivity contribution in [3.63, 3.8) is 0 Å². The van der Waals surface area contributed by atoms with Gasteiger partial charge in [0.15, 0.2) is 5.78 Å². The first-order chi connectivity index (χ1) is 13.1. The van der Waals surface area contributed by atoms with Gasteiger partial charge in [-0.1, -0.05) is 0 Å². The van der Waals surface area contributed by atoms with Gasteiger partial charge in [-0.3, -0.25) is 24.8 Å². The number of nitrogens with zero attached hydrogens (tertiary/aromatic N) is 2. The zero-order valence-corrected chi connectivity index (χ0v) is 14.6. The minimum atomic E-state index is -0.703. The van der Waals surface area contributed by atoms with Gasteiger partial charge in [0, 0.05) is 30.7 Å². The van der Waals surface area contributed by atoms with Crippen molar-refractivity contribution in [2.75, 3.05) is 21.1 Å². The molecule has 2 amide bonds. The molecule has 0 radical (unpaired) electrons. The molecule has 11 heteroatoms. The Morgan fingerprint density at radius 2 is 1.25 bits per heavy atom. The van der Waals surface area contributed by atoms with Gasteiger partial charge in [0.25, 0.3) is 0 Å². The fourth-order valence-electron chi connectivity index (χ4n) is 3.04. The average Bonchev–Trinajstić information content (AvgIpc) is 2.84. The Morgan fingerprint density at radius 3 is 1.64 bits per heavy atom. The van der Waals surface area contributed by atoms with Gasteiger partial charge >= 0.3 is 0 Å². The number of carbonyl (C=O) groups excluding carboxylic acids is 3. The zero-order valence-electron chi connectivity index (χ0n) is 14.6. The molecule has 0 unspecified atom stereocenters. The summed E-state index contributed by atoms with van der Waals surface area (Å²) in [7, 11) is 0. The van der Waals surface area contributed by atoms with Crippen molar-refractivity contribution in [3.05, 3.63) is 45.8 Å². The molecule has 28 heavy (non-hydrogen) atoms. The highest BCUT2D eigenvalue weighted by molar-refractivity contribution is 6.24. The van der Waals surface area contributed by atoms with Crippen molar-refractivity contribution in [3.8, 4) is 11.1 Å². The lowest BCUT2D eigenvalue weighted by molar-refractivity contribution is -0.115. The first-order valence-electron chi connectivity index (χ1n) is 7.88. The summed E-state index contributed by atoms with van der Waals surface area (Å²) in [6.45, 7) is 2.38. The molecule has 0 aliphatic heterocycles. The molecule has 0 saturated carbocycles. The maximum Gasteiger partial charge on any atom is 0.221 e. The highest BCUT2D eigenvalue weighted by Crippen LogP contribution is 2.45. The molecule has 4 N–H and O–H groups in total. The standard InChI is InChI=1S/C17H14N4O7/c1-7(22)18-13-3-11-9(5-15(13)20(25)26)10-6-16(21(27)28)14(19-8(2)23)4-12(10)17(11)24/h3-6,25-26H,1-2H3,(H,18,22)(H,19,23)/q-2. The van der Waals surface area contributed by atoms with E-state index in [2.05, 4.69) is 10.6 Å². The first kappa shape index (κ1) is 19.3. The molecule has 0 aromatic heterocycles. The predicted molar refractivity (Wildman–Crippen MR) is 99.2 cm³/mol. The Morgan fingerprint density at radius 1 is 0.821 bits per heavy atom. The molecule has 0 fully saturated rings. The van der Waals surface area contributed by atoms with Gasteiger partial charge in [-0.05, 0) is 35.4 Å². The van der Waals surface area contributed by atoms with E-state index in [4.69, 9.17) is 0 Å². The maximum atomic E-state index is 12.8. The number of benzene rings is 2. The number of hydrogen-bond donors (Lipinski definition) is 4. The smallest absolute Gasteiger partial charge is 0.221 e. The Balaban J connectivity index is 2.24. The van der Waals surface area contributed by atoms with Crippen molar-refractivity contribution in [2.24, 2.45) is 0 Å². The quantitative estimate of drug-likeness (QED) is 0.491. The molecular formula is C17H14N4O7-2. The number of hydrogen-bond acceptors (Lipinski definition) is 9. The molecule has 0 bridgehead atoms. The lowest BCUT2D eigenvalue weighted by atomic mass is 10.0. The van der Waals surface area contributed by atoms with Crippen LogP contribution in [0.4, 0.5) is 22.7 Å². The van der Waals surface area contributed by atoms with Crippen LogP contribution in [0.5, 0.6) is 0 Å². The highest BCUT2D eigenvalue weighted by atomic mass is 16.8. The summed E-state index contributed by atoms with van der Waals surface area (Å²) in [5, 5.41) is 45.4. The van der Waals surface area contributed by atoms with E-state index in [9.17, 15) is 35.2 Å². The van der Waals surface area contributed by atoms with Crippen molar-refractivity contribution in [1.82, 2.24) is 0 Å². The van der Waals surface area contributed by atoms with Gasteiger partial charge in [-0.15, -0.1) is 5.23 Å². The average molecular weight is 386 g/mol. The van der Waals surface area contributed by atoms with Crippen molar-refractivity contribution in [2.45, 2.75) is 13.8 Å². The van der Waals surface area contributed by atoms with Crippen LogP contribution >= 0.6 is 0 Å². The SMILES string of the molecule is CC(=O)Nc1cc2c(cc1N([O-])[O-])-c1cc(N(O)O)c(NC(C)=O)cc1C2=O. The van der Waals surface area contributed by atoms with Crippen LogP contribution in [0.1, 0.15) is 29.8 Å². The minimum Gasteiger partial charge on any atom is -0.769 e. The Labute approximate surface area is 157 Å². The fourth-order valence-corrected chi connectivity index (χ4v) is 3.04. The Bertz CT molecular complexity index is 938. The molecule has 11 nitrogen and oxygen atoms in total. The summed E-state index contributed by atoms with van der Waals surface area (Å²) < 4.78 is 0.